The fourth-order valence-corrected chi connectivity index (χ4v) is 6.37. The molecule has 0 radical (unpaired) electrons. The highest BCUT2D eigenvalue weighted by atomic mass is 16.5. The zero-order valence-corrected chi connectivity index (χ0v) is 22.5. The standard InChI is InChI=1S/C30H36N4O5/c1-2-32-14-15-38-26-8-5-6-20(28(26)32)17-33-13-4-3-7-22(33)19-39-23-9-10-24-21(16-23)18-34(30(24)37)25-11-12-27(35)31-29(25)36/h5-6,8-10,16,22,25H,2-4,7,11-15,17-19H2,1H3,(H,31,35,36). The molecule has 2 atom stereocenters. The average Bonchev–Trinajstić information content (AvgIpc) is 3.27. The first-order valence-corrected chi connectivity index (χ1v) is 14.2. The minimum absolute atomic E-state index is 0.166. The zero-order valence-electron chi connectivity index (χ0n) is 22.5. The third-order valence-electron chi connectivity index (χ3n) is 8.46. The molecule has 6 rings (SSSR count). The largest absolute Gasteiger partial charge is 0.492 e. The van der Waals surface area contributed by atoms with Crippen LogP contribution in [0.3, 0.4) is 0 Å². The van der Waals surface area contributed by atoms with Gasteiger partial charge in [0.1, 0.15) is 30.8 Å². The van der Waals surface area contributed by atoms with Crippen LogP contribution in [0.1, 0.15) is 60.5 Å². The molecular weight excluding hydrogens is 496 g/mol. The van der Waals surface area contributed by atoms with E-state index in [-0.39, 0.29) is 18.2 Å². The molecular formula is C30H36N4O5. The first kappa shape index (κ1) is 25.7. The Kier molecular flexibility index (Phi) is 7.16. The van der Waals surface area contributed by atoms with Crippen molar-refractivity contribution in [2.75, 3.05) is 37.7 Å². The van der Waals surface area contributed by atoms with Gasteiger partial charge in [0.15, 0.2) is 0 Å². The van der Waals surface area contributed by atoms with Gasteiger partial charge in [0.05, 0.1) is 12.2 Å². The third kappa shape index (κ3) is 5.07. The number of piperidine rings is 2. The number of para-hydroxylation sites is 1. The molecule has 2 fully saturated rings. The summed E-state index contributed by atoms with van der Waals surface area (Å²) in [6.45, 7) is 7.60. The van der Waals surface area contributed by atoms with Gasteiger partial charge in [-0.15, -0.1) is 0 Å². The number of rotatable bonds is 7. The summed E-state index contributed by atoms with van der Waals surface area (Å²) >= 11 is 0. The number of hydrogen-bond donors (Lipinski definition) is 1. The number of imide groups is 1. The summed E-state index contributed by atoms with van der Waals surface area (Å²) in [5.41, 5.74) is 3.98. The molecule has 2 saturated heterocycles. The molecule has 0 aliphatic carbocycles. The van der Waals surface area contributed by atoms with E-state index in [9.17, 15) is 14.4 Å². The number of ether oxygens (including phenoxy) is 2. The van der Waals surface area contributed by atoms with E-state index in [2.05, 4.69) is 40.2 Å². The van der Waals surface area contributed by atoms with Gasteiger partial charge in [0.25, 0.3) is 5.91 Å². The van der Waals surface area contributed by atoms with Crippen LogP contribution in [0, 0.1) is 0 Å². The van der Waals surface area contributed by atoms with E-state index in [1.165, 1.54) is 24.1 Å². The van der Waals surface area contributed by atoms with E-state index in [0.29, 0.717) is 31.2 Å². The van der Waals surface area contributed by atoms with Gasteiger partial charge in [-0.1, -0.05) is 18.6 Å². The first-order chi connectivity index (χ1) is 19.0. The number of likely N-dealkylation sites (N-methyl/N-ethyl adjacent to an activating group) is 1. The van der Waals surface area contributed by atoms with E-state index in [1.54, 1.807) is 11.0 Å². The molecule has 4 heterocycles. The lowest BCUT2D eigenvalue weighted by atomic mass is 10.0. The fourth-order valence-electron chi connectivity index (χ4n) is 6.37. The van der Waals surface area contributed by atoms with Crippen LogP contribution < -0.4 is 19.7 Å². The van der Waals surface area contributed by atoms with Crippen LogP contribution >= 0.6 is 0 Å². The number of fused-ring (bicyclic) bond motifs is 2. The van der Waals surface area contributed by atoms with Crippen molar-refractivity contribution in [2.24, 2.45) is 0 Å². The maximum absolute atomic E-state index is 13.0. The highest BCUT2D eigenvalue weighted by Gasteiger charge is 2.39. The molecule has 4 aliphatic rings. The van der Waals surface area contributed by atoms with Gasteiger partial charge in [-0.2, -0.15) is 0 Å². The molecule has 2 unspecified atom stereocenters. The molecule has 0 spiro atoms. The van der Waals surface area contributed by atoms with Gasteiger partial charge >= 0.3 is 0 Å². The number of nitrogens with one attached hydrogen (secondary N) is 1. The molecule has 2 aromatic rings. The Balaban J connectivity index is 1.12. The highest BCUT2D eigenvalue weighted by molar-refractivity contribution is 6.05. The fraction of sp³-hybridized carbons (Fsp3) is 0.500. The average molecular weight is 533 g/mol. The third-order valence-corrected chi connectivity index (χ3v) is 8.46. The van der Waals surface area contributed by atoms with Crippen molar-refractivity contribution in [1.82, 2.24) is 15.1 Å². The normalized spacial score (nSPS) is 23.3. The maximum atomic E-state index is 13.0. The van der Waals surface area contributed by atoms with Crippen molar-refractivity contribution in [3.8, 4) is 11.5 Å². The number of carbonyl (C=O) groups is 3. The lowest BCUT2D eigenvalue weighted by molar-refractivity contribution is -0.136. The number of likely N-dealkylation sites (tertiary alicyclic amines) is 1. The number of nitrogens with zero attached hydrogens (tertiary/aromatic N) is 3. The van der Waals surface area contributed by atoms with Crippen molar-refractivity contribution >= 4 is 23.4 Å². The predicted octanol–water partition coefficient (Wildman–Crippen LogP) is 3.10. The summed E-state index contributed by atoms with van der Waals surface area (Å²) in [7, 11) is 0. The topological polar surface area (TPSA) is 91.4 Å². The van der Waals surface area contributed by atoms with Crippen LogP contribution in [0.15, 0.2) is 36.4 Å². The molecule has 0 saturated carbocycles. The van der Waals surface area contributed by atoms with E-state index in [4.69, 9.17) is 9.47 Å². The summed E-state index contributed by atoms with van der Waals surface area (Å²) in [5.74, 6) is 0.871. The second-order valence-electron chi connectivity index (χ2n) is 10.8. The molecule has 3 amide bonds. The Morgan fingerprint density at radius 1 is 1.08 bits per heavy atom. The van der Waals surface area contributed by atoms with Gasteiger partial charge in [0, 0.05) is 37.7 Å². The van der Waals surface area contributed by atoms with Crippen molar-refractivity contribution in [3.63, 3.8) is 0 Å². The van der Waals surface area contributed by atoms with Crippen LogP contribution in [0.4, 0.5) is 5.69 Å². The minimum atomic E-state index is -0.611. The van der Waals surface area contributed by atoms with E-state index < -0.39 is 11.9 Å². The monoisotopic (exact) mass is 532 g/mol. The molecule has 4 aliphatic heterocycles. The summed E-state index contributed by atoms with van der Waals surface area (Å²) < 4.78 is 12.3. The smallest absolute Gasteiger partial charge is 0.255 e. The molecule has 206 valence electrons. The second-order valence-corrected chi connectivity index (χ2v) is 10.8. The highest BCUT2D eigenvalue weighted by Crippen LogP contribution is 2.37. The number of benzene rings is 2. The van der Waals surface area contributed by atoms with Crippen molar-refractivity contribution < 1.29 is 23.9 Å². The second kappa shape index (κ2) is 10.9. The van der Waals surface area contributed by atoms with Crippen molar-refractivity contribution in [2.45, 2.75) is 64.2 Å². The van der Waals surface area contributed by atoms with E-state index >= 15 is 0 Å². The van der Waals surface area contributed by atoms with Crippen LogP contribution in [-0.2, 0) is 22.7 Å². The van der Waals surface area contributed by atoms with Crippen LogP contribution in [-0.4, -0.2) is 72.5 Å². The van der Waals surface area contributed by atoms with Gasteiger partial charge in [-0.05, 0) is 68.1 Å². The molecule has 0 bridgehead atoms. The molecule has 9 heteroatoms. The first-order valence-electron chi connectivity index (χ1n) is 14.2. The number of carbonyl (C=O) groups excluding carboxylic acids is 3. The molecule has 9 nitrogen and oxygen atoms in total. The van der Waals surface area contributed by atoms with Gasteiger partial charge < -0.3 is 19.3 Å². The Labute approximate surface area is 229 Å². The number of hydrogen-bond acceptors (Lipinski definition) is 7. The molecule has 1 N–H and O–H groups in total. The van der Waals surface area contributed by atoms with E-state index in [0.717, 1.165) is 56.3 Å². The van der Waals surface area contributed by atoms with E-state index in [1.807, 2.05) is 12.1 Å². The van der Waals surface area contributed by atoms with Gasteiger partial charge in [0.2, 0.25) is 11.8 Å². The lowest BCUT2D eigenvalue weighted by Crippen LogP contribution is -2.52. The Morgan fingerprint density at radius 2 is 1.97 bits per heavy atom. The summed E-state index contributed by atoms with van der Waals surface area (Å²) in [6.07, 6.45) is 4.05. The summed E-state index contributed by atoms with van der Waals surface area (Å²) in [5, 5.41) is 2.35. The molecule has 0 aromatic heterocycles. The SMILES string of the molecule is CCN1CCOc2cccc(CN3CCCCC3COc3ccc4c(c3)CN(C3CCC(=O)NC3=O)C4=O)c21. The number of amides is 3. The van der Waals surface area contributed by atoms with Gasteiger partial charge in [-0.25, -0.2) is 0 Å². The minimum Gasteiger partial charge on any atom is -0.492 e. The Morgan fingerprint density at radius 3 is 2.82 bits per heavy atom. The van der Waals surface area contributed by atoms with Crippen LogP contribution in [0.5, 0.6) is 11.5 Å². The maximum Gasteiger partial charge on any atom is 0.255 e. The lowest BCUT2D eigenvalue weighted by Gasteiger charge is -2.38. The van der Waals surface area contributed by atoms with Crippen LogP contribution in [0.2, 0.25) is 0 Å². The molecule has 2 aromatic carbocycles. The van der Waals surface area contributed by atoms with Gasteiger partial charge in [-0.3, -0.25) is 24.6 Å². The molecule has 39 heavy (non-hydrogen) atoms. The summed E-state index contributed by atoms with van der Waals surface area (Å²) in [4.78, 5) is 43.4. The van der Waals surface area contributed by atoms with Crippen LogP contribution in [0.25, 0.3) is 0 Å². The van der Waals surface area contributed by atoms with Crippen molar-refractivity contribution in [1.29, 1.82) is 0 Å². The number of anilines is 1. The quantitative estimate of drug-likeness (QED) is 0.548. The predicted molar refractivity (Wildman–Crippen MR) is 146 cm³/mol. The Hall–Kier alpha value is -3.59. The van der Waals surface area contributed by atoms with Crippen molar-refractivity contribution in [3.05, 3.63) is 53.1 Å². The summed E-state index contributed by atoms with van der Waals surface area (Å²) in [6, 6.07) is 11.6. The zero-order chi connectivity index (χ0) is 26.9. The Bertz CT molecular complexity index is 1280.